The number of anilines is 1. The molecule has 1 aromatic rings. The number of hydrogen-bond donors (Lipinski definition) is 2. The van der Waals surface area contributed by atoms with E-state index in [2.05, 4.69) is 23.7 Å². The Morgan fingerprint density at radius 3 is 2.88 bits per heavy atom. The third-order valence-corrected chi connectivity index (χ3v) is 5.86. The monoisotopic (exact) mass is 364 g/mol. The van der Waals surface area contributed by atoms with Crippen LogP contribution in [0.4, 0.5) is 5.82 Å². The van der Waals surface area contributed by atoms with Gasteiger partial charge in [0.2, 0.25) is 12.1 Å². The van der Waals surface area contributed by atoms with E-state index in [0.29, 0.717) is 17.9 Å². The first-order chi connectivity index (χ1) is 12.0. The Hall–Kier alpha value is -2.13. The molecule has 3 heterocycles. The van der Waals surface area contributed by atoms with Crippen LogP contribution in [0, 0.1) is 0 Å². The van der Waals surface area contributed by atoms with Gasteiger partial charge in [-0.3, -0.25) is 9.69 Å². The largest absolute Gasteiger partial charge is 0.477 e. The Morgan fingerprint density at radius 2 is 2.24 bits per heavy atom. The van der Waals surface area contributed by atoms with Gasteiger partial charge in [-0.15, -0.1) is 11.8 Å². The average Bonchev–Trinajstić information content (AvgIpc) is 2.62. The maximum absolute atomic E-state index is 12.0. The second-order valence-electron chi connectivity index (χ2n) is 5.95. The molecule has 2 aliphatic heterocycles. The zero-order valence-electron chi connectivity index (χ0n) is 14.3. The number of carboxylic acids is 1. The molecule has 0 radical (unpaired) electrons. The summed E-state index contributed by atoms with van der Waals surface area (Å²) in [5.74, 6) is -0.0251. The highest BCUT2D eigenvalue weighted by Gasteiger charge is 2.52. The maximum Gasteiger partial charge on any atom is 0.352 e. The van der Waals surface area contributed by atoms with Crippen LogP contribution in [0.15, 0.2) is 29.9 Å². The number of rotatable bonds is 6. The van der Waals surface area contributed by atoms with Gasteiger partial charge in [-0.2, -0.15) is 4.57 Å². The van der Waals surface area contributed by atoms with Crippen molar-refractivity contribution in [1.29, 1.82) is 0 Å². The summed E-state index contributed by atoms with van der Waals surface area (Å²) < 4.78 is 1.91. The average molecular weight is 364 g/mol. The lowest BCUT2D eigenvalue weighted by atomic mass is 10.0. The summed E-state index contributed by atoms with van der Waals surface area (Å²) in [6, 6.07) is -0.608. The van der Waals surface area contributed by atoms with Gasteiger partial charge in [0, 0.05) is 24.4 Å². The van der Waals surface area contributed by atoms with Crippen molar-refractivity contribution in [2.75, 3.05) is 23.7 Å². The molecule has 0 bridgehead atoms. The van der Waals surface area contributed by atoms with Crippen LogP contribution in [0.1, 0.15) is 13.8 Å². The van der Waals surface area contributed by atoms with Gasteiger partial charge in [0.05, 0.1) is 6.20 Å². The molecular weight excluding hydrogens is 342 g/mol. The van der Waals surface area contributed by atoms with E-state index in [9.17, 15) is 14.7 Å². The lowest BCUT2D eigenvalue weighted by Gasteiger charge is -2.47. The molecule has 1 fully saturated rings. The maximum atomic E-state index is 12.0. The third kappa shape index (κ3) is 3.09. The fourth-order valence-corrected chi connectivity index (χ4v) is 4.43. The van der Waals surface area contributed by atoms with Crippen molar-refractivity contribution in [1.82, 2.24) is 9.88 Å². The van der Waals surface area contributed by atoms with Crippen LogP contribution in [0.2, 0.25) is 0 Å². The second-order valence-corrected chi connectivity index (χ2v) is 7.06. The summed E-state index contributed by atoms with van der Waals surface area (Å²) in [4.78, 5) is 31.5. The summed E-state index contributed by atoms with van der Waals surface area (Å²) >= 11 is 1.51. The molecule has 3 N–H and O–H groups in total. The minimum atomic E-state index is -1.08. The van der Waals surface area contributed by atoms with E-state index in [-0.39, 0.29) is 17.0 Å². The van der Waals surface area contributed by atoms with Crippen molar-refractivity contribution in [3.05, 3.63) is 29.9 Å². The number of thioether (sulfide) groups is 1. The molecule has 1 saturated heterocycles. The van der Waals surface area contributed by atoms with Crippen LogP contribution in [-0.2, 0) is 16.1 Å². The van der Waals surface area contributed by atoms with Crippen LogP contribution >= 0.6 is 11.8 Å². The normalized spacial score (nSPS) is 22.5. The molecule has 0 aliphatic carbocycles. The zero-order chi connectivity index (χ0) is 18.1. The van der Waals surface area contributed by atoms with Gasteiger partial charge in [-0.05, 0) is 13.8 Å². The van der Waals surface area contributed by atoms with Crippen LogP contribution in [0.5, 0.6) is 0 Å². The second kappa shape index (κ2) is 7.01. The summed E-state index contributed by atoms with van der Waals surface area (Å²) in [6.45, 7) is 6.20. The van der Waals surface area contributed by atoms with Gasteiger partial charge in [-0.25, -0.2) is 9.78 Å². The van der Waals surface area contributed by atoms with Gasteiger partial charge in [0.25, 0.3) is 0 Å². The van der Waals surface area contributed by atoms with Crippen LogP contribution in [-0.4, -0.2) is 57.1 Å². The number of amides is 1. The predicted octanol–water partition coefficient (Wildman–Crippen LogP) is -0.204. The molecule has 25 heavy (non-hydrogen) atoms. The molecule has 9 heteroatoms. The number of aromatic nitrogens is 2. The van der Waals surface area contributed by atoms with Gasteiger partial charge in [0.1, 0.15) is 17.1 Å². The first-order valence-electron chi connectivity index (χ1n) is 8.23. The van der Waals surface area contributed by atoms with E-state index in [1.54, 1.807) is 12.4 Å². The molecular formula is C16H22N5O3S+. The molecule has 134 valence electrons. The number of nitrogens with zero attached hydrogens (tertiary/aromatic N) is 4. The van der Waals surface area contributed by atoms with E-state index >= 15 is 0 Å². The Balaban J connectivity index is 1.90. The molecule has 1 unspecified atom stereocenters. The van der Waals surface area contributed by atoms with E-state index in [0.717, 1.165) is 18.9 Å². The SMILES string of the molecule is CCN(CC)c1c[n+](CC2=C(C(=O)O)N3C(=O)C(N)[C@H]3SC2)ccn1. The number of carbonyl (C=O) groups is 2. The van der Waals surface area contributed by atoms with Crippen molar-refractivity contribution in [2.45, 2.75) is 31.8 Å². The molecule has 1 amide bonds. The fraction of sp³-hybridized carbons (Fsp3) is 0.500. The van der Waals surface area contributed by atoms with Crippen LogP contribution in [0.3, 0.4) is 0 Å². The molecule has 2 atom stereocenters. The molecule has 1 aromatic heterocycles. The van der Waals surface area contributed by atoms with Gasteiger partial charge < -0.3 is 15.7 Å². The zero-order valence-corrected chi connectivity index (χ0v) is 15.1. The highest BCUT2D eigenvalue weighted by atomic mass is 32.2. The number of aliphatic carboxylic acids is 1. The van der Waals surface area contributed by atoms with Gasteiger partial charge in [-0.1, -0.05) is 0 Å². The quantitative estimate of drug-likeness (QED) is 0.532. The van der Waals surface area contributed by atoms with E-state index in [1.807, 2.05) is 10.8 Å². The van der Waals surface area contributed by atoms with Gasteiger partial charge >= 0.3 is 5.97 Å². The summed E-state index contributed by atoms with van der Waals surface area (Å²) in [5, 5.41) is 9.33. The summed E-state index contributed by atoms with van der Waals surface area (Å²) in [5.41, 5.74) is 6.55. The topological polar surface area (TPSA) is 104 Å². The standard InChI is InChI=1S/C16H21N5O3S/c1-3-20(4-2)11-8-19(6-5-18-11)7-10-9-25-15-12(17)14(22)21(15)13(10)16(23)24/h5-6,8,12,15H,3-4,7,9,17H2,1-2H3/p+1/t12?,15-/m1/s1. The molecule has 3 rings (SSSR count). The predicted molar refractivity (Wildman–Crippen MR) is 93.7 cm³/mol. The minimum Gasteiger partial charge on any atom is -0.477 e. The Bertz CT molecular complexity index is 734. The number of β-lactam (4-membered cyclic amide) rings is 1. The molecule has 2 aliphatic rings. The smallest absolute Gasteiger partial charge is 0.352 e. The van der Waals surface area contributed by atoms with Crippen molar-refractivity contribution in [3.63, 3.8) is 0 Å². The van der Waals surface area contributed by atoms with Gasteiger partial charge in [0.15, 0.2) is 18.6 Å². The van der Waals surface area contributed by atoms with E-state index < -0.39 is 12.0 Å². The number of carbonyl (C=O) groups excluding carboxylic acids is 1. The summed E-state index contributed by atoms with van der Waals surface area (Å²) in [6.07, 6.45) is 5.41. The number of hydrogen-bond acceptors (Lipinski definition) is 6. The number of fused-ring (bicyclic) bond motifs is 1. The summed E-state index contributed by atoms with van der Waals surface area (Å²) in [7, 11) is 0. The van der Waals surface area contributed by atoms with Crippen molar-refractivity contribution >= 4 is 29.5 Å². The Morgan fingerprint density at radius 1 is 1.52 bits per heavy atom. The van der Waals surface area contributed by atoms with Crippen LogP contribution in [0.25, 0.3) is 0 Å². The third-order valence-electron chi connectivity index (χ3n) is 4.50. The van der Waals surface area contributed by atoms with Crippen LogP contribution < -0.4 is 15.2 Å². The lowest BCUT2D eigenvalue weighted by Crippen LogP contribution is -2.68. The number of carboxylic acid groups (broad SMARTS) is 1. The number of nitrogens with two attached hydrogens (primary N) is 1. The van der Waals surface area contributed by atoms with Crippen molar-refractivity contribution in [2.24, 2.45) is 5.73 Å². The Kier molecular flexibility index (Phi) is 4.96. The first-order valence-corrected chi connectivity index (χ1v) is 9.28. The highest BCUT2D eigenvalue weighted by Crippen LogP contribution is 2.39. The molecule has 0 aromatic carbocycles. The fourth-order valence-electron chi connectivity index (χ4n) is 3.15. The Labute approximate surface area is 150 Å². The molecule has 8 nitrogen and oxygen atoms in total. The first kappa shape index (κ1) is 17.7. The van der Waals surface area contributed by atoms with E-state index in [4.69, 9.17) is 5.73 Å². The minimum absolute atomic E-state index is 0.0733. The molecule has 0 saturated carbocycles. The molecule has 0 spiro atoms. The van der Waals surface area contributed by atoms with E-state index in [1.165, 1.54) is 16.7 Å². The van der Waals surface area contributed by atoms with Crippen molar-refractivity contribution < 1.29 is 19.3 Å². The van der Waals surface area contributed by atoms with Crippen molar-refractivity contribution in [3.8, 4) is 0 Å². The lowest BCUT2D eigenvalue weighted by molar-refractivity contribution is -0.688. The highest BCUT2D eigenvalue weighted by molar-refractivity contribution is 8.00.